The van der Waals surface area contributed by atoms with Crippen molar-refractivity contribution in [3.8, 4) is 0 Å². The lowest BCUT2D eigenvalue weighted by molar-refractivity contribution is 0.0696. The van der Waals surface area contributed by atoms with Crippen LogP contribution in [0.25, 0.3) is 0 Å². The highest BCUT2D eigenvalue weighted by atomic mass is 16.4. The van der Waals surface area contributed by atoms with Crippen LogP contribution in [0.1, 0.15) is 36.7 Å². The number of nitrogens with one attached hydrogen (secondary N) is 1. The minimum Gasteiger partial charge on any atom is -0.478 e. The summed E-state index contributed by atoms with van der Waals surface area (Å²) in [7, 11) is 1.73. The summed E-state index contributed by atoms with van der Waals surface area (Å²) in [6.45, 7) is 7.76. The number of aromatic carboxylic acids is 1. The van der Waals surface area contributed by atoms with Crippen LogP contribution in [0.15, 0.2) is 18.2 Å². The number of carbonyl (C=O) groups excluding carboxylic acids is 1. The number of hydrogen-bond donors (Lipinski definition) is 2. The third-order valence-corrected chi connectivity index (χ3v) is 3.70. The zero-order valence-corrected chi connectivity index (χ0v) is 12.6. The van der Waals surface area contributed by atoms with Crippen molar-refractivity contribution in [2.45, 2.75) is 33.7 Å². The SMILES string of the molecule is Cc1c(NC(=O)N(C)C(C)C(C)C)cccc1C(=O)O. The fourth-order valence-corrected chi connectivity index (χ4v) is 1.84. The first-order chi connectivity index (χ1) is 9.25. The summed E-state index contributed by atoms with van der Waals surface area (Å²) in [5.74, 6) is -0.653. The van der Waals surface area contributed by atoms with Crippen molar-refractivity contribution in [2.75, 3.05) is 12.4 Å². The lowest BCUT2D eigenvalue weighted by Gasteiger charge is -2.28. The molecule has 2 N–H and O–H groups in total. The van der Waals surface area contributed by atoms with E-state index >= 15 is 0 Å². The first-order valence-corrected chi connectivity index (χ1v) is 6.62. The molecule has 2 amide bonds. The van der Waals surface area contributed by atoms with Gasteiger partial charge < -0.3 is 15.3 Å². The van der Waals surface area contributed by atoms with Gasteiger partial charge in [0.25, 0.3) is 0 Å². The maximum absolute atomic E-state index is 12.2. The number of benzene rings is 1. The highest BCUT2D eigenvalue weighted by Gasteiger charge is 2.19. The van der Waals surface area contributed by atoms with E-state index in [0.29, 0.717) is 17.2 Å². The number of nitrogens with zero attached hydrogens (tertiary/aromatic N) is 1. The molecule has 5 nitrogen and oxygen atoms in total. The second-order valence-corrected chi connectivity index (χ2v) is 5.31. The zero-order chi connectivity index (χ0) is 15.4. The molecule has 0 aliphatic carbocycles. The van der Waals surface area contributed by atoms with Gasteiger partial charge in [0, 0.05) is 18.8 Å². The van der Waals surface area contributed by atoms with E-state index in [-0.39, 0.29) is 17.6 Å². The van der Waals surface area contributed by atoms with E-state index in [1.54, 1.807) is 31.0 Å². The summed E-state index contributed by atoms with van der Waals surface area (Å²) in [6, 6.07) is 4.70. The summed E-state index contributed by atoms with van der Waals surface area (Å²) >= 11 is 0. The number of carbonyl (C=O) groups is 2. The topological polar surface area (TPSA) is 69.6 Å². The maximum Gasteiger partial charge on any atom is 0.336 e. The summed E-state index contributed by atoms with van der Waals surface area (Å²) in [4.78, 5) is 24.8. The Morgan fingerprint density at radius 1 is 1.25 bits per heavy atom. The Morgan fingerprint density at radius 2 is 1.85 bits per heavy atom. The molecule has 110 valence electrons. The van der Waals surface area contributed by atoms with Crippen molar-refractivity contribution in [2.24, 2.45) is 5.92 Å². The van der Waals surface area contributed by atoms with E-state index in [9.17, 15) is 9.59 Å². The molecular weight excluding hydrogens is 256 g/mol. The number of carboxylic acids is 1. The standard InChI is InChI=1S/C15H22N2O3/c1-9(2)11(4)17(5)15(20)16-13-8-6-7-12(10(13)3)14(18)19/h6-9,11H,1-5H3,(H,16,20)(H,18,19). The average molecular weight is 278 g/mol. The molecule has 0 bridgehead atoms. The van der Waals surface area contributed by atoms with Gasteiger partial charge in [0.15, 0.2) is 0 Å². The molecule has 0 aliphatic rings. The van der Waals surface area contributed by atoms with Crippen molar-refractivity contribution in [1.29, 1.82) is 0 Å². The summed E-state index contributed by atoms with van der Waals surface area (Å²) in [6.07, 6.45) is 0. The van der Waals surface area contributed by atoms with Crippen LogP contribution >= 0.6 is 0 Å². The molecule has 0 saturated heterocycles. The summed E-state index contributed by atoms with van der Waals surface area (Å²) in [5, 5.41) is 11.8. The summed E-state index contributed by atoms with van der Waals surface area (Å²) in [5.41, 5.74) is 1.28. The number of amides is 2. The Kier molecular flexibility index (Phi) is 5.13. The second-order valence-electron chi connectivity index (χ2n) is 5.31. The van der Waals surface area contributed by atoms with E-state index in [1.807, 2.05) is 20.8 Å². The lowest BCUT2D eigenvalue weighted by Crippen LogP contribution is -2.41. The largest absolute Gasteiger partial charge is 0.478 e. The molecule has 1 aromatic carbocycles. The van der Waals surface area contributed by atoms with Crippen molar-refractivity contribution in [1.82, 2.24) is 4.90 Å². The zero-order valence-electron chi connectivity index (χ0n) is 12.6. The fourth-order valence-electron chi connectivity index (χ4n) is 1.84. The number of anilines is 1. The van der Waals surface area contributed by atoms with Gasteiger partial charge >= 0.3 is 12.0 Å². The van der Waals surface area contributed by atoms with Crippen molar-refractivity contribution >= 4 is 17.7 Å². The first-order valence-electron chi connectivity index (χ1n) is 6.62. The van der Waals surface area contributed by atoms with Crippen LogP contribution in [0.5, 0.6) is 0 Å². The van der Waals surface area contributed by atoms with Crippen molar-refractivity contribution in [3.63, 3.8) is 0 Å². The van der Waals surface area contributed by atoms with E-state index in [1.165, 1.54) is 6.07 Å². The Labute approximate surface area is 119 Å². The molecule has 1 atom stereocenters. The lowest BCUT2D eigenvalue weighted by atomic mass is 10.1. The van der Waals surface area contributed by atoms with Crippen LogP contribution in [0.2, 0.25) is 0 Å². The second kappa shape index (κ2) is 6.41. The number of urea groups is 1. The minimum absolute atomic E-state index is 0.0953. The van der Waals surface area contributed by atoms with E-state index in [0.717, 1.165) is 0 Å². The summed E-state index contributed by atoms with van der Waals surface area (Å²) < 4.78 is 0. The highest BCUT2D eigenvalue weighted by molar-refractivity contribution is 5.95. The third kappa shape index (κ3) is 3.50. The van der Waals surface area contributed by atoms with Crippen LogP contribution in [0, 0.1) is 12.8 Å². The average Bonchev–Trinajstić information content (AvgIpc) is 2.38. The van der Waals surface area contributed by atoms with Crippen LogP contribution in [0.3, 0.4) is 0 Å². The quantitative estimate of drug-likeness (QED) is 0.888. The Hall–Kier alpha value is -2.04. The molecule has 0 aromatic heterocycles. The van der Waals surface area contributed by atoms with Gasteiger partial charge in [-0.05, 0) is 37.5 Å². The Bertz CT molecular complexity index is 512. The van der Waals surface area contributed by atoms with Crippen LogP contribution < -0.4 is 5.32 Å². The molecule has 1 aromatic rings. The normalized spacial score (nSPS) is 12.1. The van der Waals surface area contributed by atoms with Gasteiger partial charge in [-0.1, -0.05) is 19.9 Å². The van der Waals surface area contributed by atoms with E-state index in [2.05, 4.69) is 5.32 Å². The molecule has 0 spiro atoms. The van der Waals surface area contributed by atoms with Gasteiger partial charge in [0.1, 0.15) is 0 Å². The maximum atomic E-state index is 12.2. The monoisotopic (exact) mass is 278 g/mol. The number of carboxylic acid groups (broad SMARTS) is 1. The van der Waals surface area contributed by atoms with E-state index in [4.69, 9.17) is 5.11 Å². The van der Waals surface area contributed by atoms with Gasteiger partial charge in [-0.25, -0.2) is 9.59 Å². The van der Waals surface area contributed by atoms with Crippen LogP contribution in [-0.2, 0) is 0 Å². The van der Waals surface area contributed by atoms with Crippen LogP contribution in [-0.4, -0.2) is 35.1 Å². The van der Waals surface area contributed by atoms with Crippen molar-refractivity contribution in [3.05, 3.63) is 29.3 Å². The van der Waals surface area contributed by atoms with Gasteiger partial charge in [-0.3, -0.25) is 0 Å². The molecule has 0 saturated carbocycles. The predicted octanol–water partition coefficient (Wildman–Crippen LogP) is 3.20. The van der Waals surface area contributed by atoms with Crippen molar-refractivity contribution < 1.29 is 14.7 Å². The molecule has 1 rings (SSSR count). The molecule has 20 heavy (non-hydrogen) atoms. The smallest absolute Gasteiger partial charge is 0.336 e. The van der Waals surface area contributed by atoms with Crippen LogP contribution in [0.4, 0.5) is 10.5 Å². The molecule has 5 heteroatoms. The van der Waals surface area contributed by atoms with Gasteiger partial charge in [-0.2, -0.15) is 0 Å². The Morgan fingerprint density at radius 3 is 2.35 bits per heavy atom. The van der Waals surface area contributed by atoms with Gasteiger partial charge in [-0.15, -0.1) is 0 Å². The van der Waals surface area contributed by atoms with Gasteiger partial charge in [0.05, 0.1) is 5.56 Å². The molecule has 0 radical (unpaired) electrons. The molecule has 0 fully saturated rings. The number of hydrogen-bond acceptors (Lipinski definition) is 2. The third-order valence-electron chi connectivity index (χ3n) is 3.70. The molecular formula is C15H22N2O3. The van der Waals surface area contributed by atoms with Gasteiger partial charge in [0.2, 0.25) is 0 Å². The fraction of sp³-hybridized carbons (Fsp3) is 0.467. The molecule has 0 heterocycles. The minimum atomic E-state index is -0.998. The molecule has 1 unspecified atom stereocenters. The highest BCUT2D eigenvalue weighted by Crippen LogP contribution is 2.20. The molecule has 0 aliphatic heterocycles. The predicted molar refractivity (Wildman–Crippen MR) is 79.2 cm³/mol. The number of rotatable bonds is 4. The Balaban J connectivity index is 2.92. The first kappa shape index (κ1) is 16.0. The van der Waals surface area contributed by atoms with E-state index < -0.39 is 5.97 Å².